The quantitative estimate of drug-likeness (QED) is 0.708. The number of benzene rings is 1. The summed E-state index contributed by atoms with van der Waals surface area (Å²) in [5.41, 5.74) is 1.13. The molecular formula is C13H16ClNS. The monoisotopic (exact) mass is 253 g/mol. The second kappa shape index (κ2) is 5.65. The zero-order valence-electron chi connectivity index (χ0n) is 9.45. The van der Waals surface area contributed by atoms with Crippen molar-refractivity contribution >= 4 is 33.2 Å². The minimum Gasteiger partial charge on any atom is -0.241 e. The van der Waals surface area contributed by atoms with Crippen LogP contribution < -0.4 is 0 Å². The van der Waals surface area contributed by atoms with E-state index in [0.29, 0.717) is 5.38 Å². The number of para-hydroxylation sites is 1. The minimum atomic E-state index is 0.328. The van der Waals surface area contributed by atoms with Gasteiger partial charge in [0.1, 0.15) is 0 Å². The maximum absolute atomic E-state index is 6.09. The molecule has 1 aromatic heterocycles. The molecule has 0 fully saturated rings. The number of halogens is 1. The summed E-state index contributed by atoms with van der Waals surface area (Å²) in [5.74, 6) is 0. The van der Waals surface area contributed by atoms with E-state index in [2.05, 4.69) is 30.1 Å². The van der Waals surface area contributed by atoms with Gasteiger partial charge in [0.05, 0.1) is 15.2 Å². The summed E-state index contributed by atoms with van der Waals surface area (Å²) in [5, 5.41) is 1.57. The zero-order valence-corrected chi connectivity index (χ0v) is 11.0. The Bertz CT molecular complexity index is 419. The molecule has 0 N–H and O–H groups in total. The number of hydrogen-bond acceptors (Lipinski definition) is 2. The van der Waals surface area contributed by atoms with Crippen molar-refractivity contribution in [2.24, 2.45) is 0 Å². The highest BCUT2D eigenvalue weighted by atomic mass is 35.5. The average Bonchev–Trinajstić information content (AvgIpc) is 2.71. The van der Waals surface area contributed by atoms with Crippen molar-refractivity contribution in [2.75, 3.05) is 0 Å². The van der Waals surface area contributed by atoms with Crippen LogP contribution in [0.25, 0.3) is 10.2 Å². The van der Waals surface area contributed by atoms with E-state index >= 15 is 0 Å². The molecule has 0 aliphatic heterocycles. The molecule has 86 valence electrons. The lowest BCUT2D eigenvalue weighted by Gasteiger charge is -2.03. The van der Waals surface area contributed by atoms with Gasteiger partial charge in [0, 0.05) is 5.38 Å². The number of aryl methyl sites for hydroxylation is 1. The maximum atomic E-state index is 6.09. The third-order valence-corrected chi connectivity index (χ3v) is 4.31. The van der Waals surface area contributed by atoms with Crippen molar-refractivity contribution in [1.82, 2.24) is 4.98 Å². The van der Waals surface area contributed by atoms with E-state index in [0.717, 1.165) is 31.2 Å². The van der Waals surface area contributed by atoms with Crippen molar-refractivity contribution in [1.29, 1.82) is 0 Å². The number of rotatable bonds is 5. The summed E-state index contributed by atoms with van der Waals surface area (Å²) in [4.78, 5) is 4.61. The van der Waals surface area contributed by atoms with Gasteiger partial charge < -0.3 is 0 Å². The third kappa shape index (κ3) is 2.96. The fourth-order valence-electron chi connectivity index (χ4n) is 1.71. The Balaban J connectivity index is 1.94. The predicted molar refractivity (Wildman–Crippen MR) is 72.5 cm³/mol. The van der Waals surface area contributed by atoms with Gasteiger partial charge in [-0.15, -0.1) is 22.9 Å². The summed E-state index contributed by atoms with van der Waals surface area (Å²) in [6.45, 7) is 2.13. The Morgan fingerprint density at radius 3 is 2.94 bits per heavy atom. The fourth-order valence-corrected chi connectivity index (χ4v) is 2.87. The average molecular weight is 254 g/mol. The molecule has 1 nitrogen and oxygen atoms in total. The Hall–Kier alpha value is -0.600. The van der Waals surface area contributed by atoms with Crippen molar-refractivity contribution in [3.8, 4) is 0 Å². The van der Waals surface area contributed by atoms with Gasteiger partial charge in [-0.2, -0.15) is 0 Å². The lowest BCUT2D eigenvalue weighted by molar-refractivity contribution is 0.673. The number of aromatic nitrogens is 1. The van der Waals surface area contributed by atoms with Gasteiger partial charge in [-0.1, -0.05) is 19.1 Å². The molecule has 1 atom stereocenters. The molecule has 0 saturated carbocycles. The molecule has 16 heavy (non-hydrogen) atoms. The molecule has 2 aromatic rings. The van der Waals surface area contributed by atoms with E-state index in [1.54, 1.807) is 11.3 Å². The van der Waals surface area contributed by atoms with E-state index in [-0.39, 0.29) is 0 Å². The van der Waals surface area contributed by atoms with E-state index in [9.17, 15) is 0 Å². The lowest BCUT2D eigenvalue weighted by atomic mass is 10.1. The molecule has 0 amide bonds. The first-order chi connectivity index (χ1) is 7.79. The molecule has 1 heterocycles. The van der Waals surface area contributed by atoms with Crippen LogP contribution in [0, 0.1) is 0 Å². The van der Waals surface area contributed by atoms with Crippen LogP contribution in [0.2, 0.25) is 0 Å². The summed E-state index contributed by atoms with van der Waals surface area (Å²) in [7, 11) is 0. The highest BCUT2D eigenvalue weighted by molar-refractivity contribution is 7.18. The van der Waals surface area contributed by atoms with Gasteiger partial charge in [0.2, 0.25) is 0 Å². The normalized spacial score (nSPS) is 13.1. The van der Waals surface area contributed by atoms with Gasteiger partial charge in [-0.25, -0.2) is 4.98 Å². The van der Waals surface area contributed by atoms with Crippen LogP contribution in [0.1, 0.15) is 31.2 Å². The second-order valence-corrected chi connectivity index (χ2v) is 5.71. The van der Waals surface area contributed by atoms with Crippen LogP contribution in [-0.2, 0) is 6.42 Å². The number of fused-ring (bicyclic) bond motifs is 1. The Labute approximate surface area is 105 Å². The molecule has 2 rings (SSSR count). The number of thiazole rings is 1. The molecule has 0 bridgehead atoms. The highest BCUT2D eigenvalue weighted by Gasteiger charge is 2.05. The van der Waals surface area contributed by atoms with E-state index in [4.69, 9.17) is 11.6 Å². The van der Waals surface area contributed by atoms with Crippen LogP contribution in [0.4, 0.5) is 0 Å². The SMILES string of the molecule is CCC(Cl)CCCc1nc2ccccc2s1. The Morgan fingerprint density at radius 2 is 2.19 bits per heavy atom. The van der Waals surface area contributed by atoms with Gasteiger partial charge in [-0.3, -0.25) is 0 Å². The number of hydrogen-bond donors (Lipinski definition) is 0. The summed E-state index contributed by atoms with van der Waals surface area (Å²) < 4.78 is 1.29. The van der Waals surface area contributed by atoms with Crippen molar-refractivity contribution in [3.63, 3.8) is 0 Å². The maximum Gasteiger partial charge on any atom is 0.0938 e. The molecule has 1 aromatic carbocycles. The van der Waals surface area contributed by atoms with Gasteiger partial charge >= 0.3 is 0 Å². The van der Waals surface area contributed by atoms with E-state index in [1.165, 1.54) is 9.71 Å². The Morgan fingerprint density at radius 1 is 1.38 bits per heavy atom. The zero-order chi connectivity index (χ0) is 11.4. The van der Waals surface area contributed by atoms with E-state index in [1.807, 2.05) is 6.07 Å². The molecule has 0 aliphatic rings. The van der Waals surface area contributed by atoms with Gasteiger partial charge in [-0.05, 0) is 37.8 Å². The smallest absolute Gasteiger partial charge is 0.0938 e. The van der Waals surface area contributed by atoms with Crippen molar-refractivity contribution in [2.45, 2.75) is 38.0 Å². The number of nitrogens with zero attached hydrogens (tertiary/aromatic N) is 1. The summed E-state index contributed by atoms with van der Waals surface area (Å²) in [6, 6.07) is 8.31. The first kappa shape index (κ1) is 11.9. The molecule has 3 heteroatoms. The highest BCUT2D eigenvalue weighted by Crippen LogP contribution is 2.23. The largest absolute Gasteiger partial charge is 0.241 e. The summed E-state index contributed by atoms with van der Waals surface area (Å²) >= 11 is 7.90. The minimum absolute atomic E-state index is 0.328. The summed E-state index contributed by atoms with van der Waals surface area (Å²) in [6.07, 6.45) is 4.35. The van der Waals surface area contributed by atoms with E-state index < -0.39 is 0 Å². The van der Waals surface area contributed by atoms with Crippen LogP contribution >= 0.6 is 22.9 Å². The molecule has 0 spiro atoms. The van der Waals surface area contributed by atoms with Crippen LogP contribution in [0.15, 0.2) is 24.3 Å². The number of alkyl halides is 1. The molecule has 0 radical (unpaired) electrons. The topological polar surface area (TPSA) is 12.9 Å². The molecule has 1 unspecified atom stereocenters. The fraction of sp³-hybridized carbons (Fsp3) is 0.462. The second-order valence-electron chi connectivity index (χ2n) is 3.97. The first-order valence-electron chi connectivity index (χ1n) is 5.78. The van der Waals surface area contributed by atoms with Crippen LogP contribution in [-0.4, -0.2) is 10.4 Å². The van der Waals surface area contributed by atoms with Gasteiger partial charge in [0.15, 0.2) is 0 Å². The van der Waals surface area contributed by atoms with Gasteiger partial charge in [0.25, 0.3) is 0 Å². The predicted octanol–water partition coefficient (Wildman–Crippen LogP) is 4.64. The standard InChI is InChI=1S/C13H16ClNS/c1-2-10(14)6-5-9-13-15-11-7-3-4-8-12(11)16-13/h3-4,7-8,10H,2,5-6,9H2,1H3. The Kier molecular flexibility index (Phi) is 4.19. The third-order valence-electron chi connectivity index (χ3n) is 2.69. The lowest BCUT2D eigenvalue weighted by Crippen LogP contribution is -1.96. The molecular weight excluding hydrogens is 238 g/mol. The molecule has 0 aliphatic carbocycles. The van der Waals surface area contributed by atoms with Crippen LogP contribution in [0.3, 0.4) is 0 Å². The molecule has 0 saturated heterocycles. The van der Waals surface area contributed by atoms with Crippen LogP contribution in [0.5, 0.6) is 0 Å². The van der Waals surface area contributed by atoms with Crippen molar-refractivity contribution < 1.29 is 0 Å². The first-order valence-corrected chi connectivity index (χ1v) is 7.03. The van der Waals surface area contributed by atoms with Crippen molar-refractivity contribution in [3.05, 3.63) is 29.3 Å².